The van der Waals surface area contributed by atoms with Crippen molar-refractivity contribution in [1.82, 2.24) is 15.7 Å². The predicted molar refractivity (Wildman–Crippen MR) is 122 cm³/mol. The molecule has 0 bridgehead atoms. The molecule has 2 rings (SSSR count). The van der Waals surface area contributed by atoms with Crippen molar-refractivity contribution in [2.24, 2.45) is 0 Å². The molecular weight excluding hydrogens is 444 g/mol. The number of halogens is 2. The van der Waals surface area contributed by atoms with Gasteiger partial charge in [-0.3, -0.25) is 14.8 Å². The fourth-order valence-corrected chi connectivity index (χ4v) is 2.85. The van der Waals surface area contributed by atoms with Crippen molar-refractivity contribution >= 4 is 11.8 Å². The van der Waals surface area contributed by atoms with Gasteiger partial charge in [0, 0.05) is 23.2 Å². The van der Waals surface area contributed by atoms with Crippen molar-refractivity contribution in [3.63, 3.8) is 0 Å². The highest BCUT2D eigenvalue weighted by atomic mass is 19.3. The number of hydrogen-bond acceptors (Lipinski definition) is 5. The van der Waals surface area contributed by atoms with Gasteiger partial charge in [-0.2, -0.15) is 0 Å². The summed E-state index contributed by atoms with van der Waals surface area (Å²) >= 11 is 0. The summed E-state index contributed by atoms with van der Waals surface area (Å²) < 4.78 is 26.2. The maximum atomic E-state index is 13.1. The minimum atomic E-state index is -3.36. The van der Waals surface area contributed by atoms with E-state index in [1.165, 1.54) is 29.8 Å². The zero-order valence-electron chi connectivity index (χ0n) is 18.9. The third-order valence-electron chi connectivity index (χ3n) is 4.75. The van der Waals surface area contributed by atoms with Crippen LogP contribution in [-0.4, -0.2) is 59.2 Å². The van der Waals surface area contributed by atoms with Gasteiger partial charge in [0.15, 0.2) is 5.60 Å². The van der Waals surface area contributed by atoms with Gasteiger partial charge in [-0.1, -0.05) is 24.0 Å². The molecule has 0 aliphatic rings. The standard InChI is InChI=1S/C25H25F2N3O4/c1-25(33,24(26)27)21(23(32)29-34)28-22(31)20-14-12-18(13-15-20)7-5-4-6-17-8-10-19(11-9-17)16-30(2)3/h8-15,21,24,33-34H,16H2,1-3H3,(H,28,31)(H,29,32). The molecule has 0 saturated carbocycles. The van der Waals surface area contributed by atoms with E-state index in [-0.39, 0.29) is 5.56 Å². The average Bonchev–Trinajstić information content (AvgIpc) is 2.80. The van der Waals surface area contributed by atoms with E-state index >= 15 is 0 Å². The molecule has 178 valence electrons. The SMILES string of the molecule is CN(C)Cc1ccc(C#CC#Cc2ccc(C(=O)NC(C(=O)NO)C(C)(O)C(F)F)cc2)cc1. The van der Waals surface area contributed by atoms with Gasteiger partial charge in [0.1, 0.15) is 6.04 Å². The smallest absolute Gasteiger partial charge is 0.269 e. The summed E-state index contributed by atoms with van der Waals surface area (Å²) in [6.07, 6.45) is -3.36. The summed E-state index contributed by atoms with van der Waals surface area (Å²) in [7, 11) is 3.99. The first-order valence-electron chi connectivity index (χ1n) is 10.2. The Bertz CT molecular complexity index is 1120. The summed E-state index contributed by atoms with van der Waals surface area (Å²) in [5, 5.41) is 20.6. The molecule has 0 aromatic heterocycles. The Labute approximate surface area is 196 Å². The van der Waals surface area contributed by atoms with E-state index < -0.39 is 29.9 Å². The van der Waals surface area contributed by atoms with Crippen LogP contribution in [0.25, 0.3) is 0 Å². The lowest BCUT2D eigenvalue weighted by Gasteiger charge is -2.30. The van der Waals surface area contributed by atoms with Crippen molar-refractivity contribution in [2.45, 2.75) is 31.5 Å². The number of aliphatic hydroxyl groups is 1. The third-order valence-corrected chi connectivity index (χ3v) is 4.75. The minimum Gasteiger partial charge on any atom is -0.381 e. The summed E-state index contributed by atoms with van der Waals surface area (Å²) in [5.41, 5.74) is 0.846. The highest BCUT2D eigenvalue weighted by Crippen LogP contribution is 2.20. The van der Waals surface area contributed by atoms with Gasteiger partial charge in [0.25, 0.3) is 18.2 Å². The second-order valence-electron chi connectivity index (χ2n) is 7.92. The average molecular weight is 469 g/mol. The number of nitrogens with zero attached hydrogens (tertiary/aromatic N) is 1. The number of hydroxylamine groups is 1. The van der Waals surface area contributed by atoms with Gasteiger partial charge in [-0.15, -0.1) is 0 Å². The first kappa shape index (κ1) is 26.5. The van der Waals surface area contributed by atoms with E-state index in [1.807, 2.05) is 43.7 Å². The number of rotatable bonds is 7. The second-order valence-corrected chi connectivity index (χ2v) is 7.92. The summed E-state index contributed by atoms with van der Waals surface area (Å²) in [5.74, 6) is 8.96. The van der Waals surface area contributed by atoms with Crippen LogP contribution < -0.4 is 10.8 Å². The Balaban J connectivity index is 2.06. The van der Waals surface area contributed by atoms with Crippen molar-refractivity contribution in [3.05, 3.63) is 70.8 Å². The van der Waals surface area contributed by atoms with E-state index in [9.17, 15) is 23.5 Å². The van der Waals surface area contributed by atoms with Gasteiger partial charge in [-0.05, 0) is 74.8 Å². The van der Waals surface area contributed by atoms with Crippen molar-refractivity contribution in [1.29, 1.82) is 0 Å². The summed E-state index contributed by atoms with van der Waals surface area (Å²) in [6, 6.07) is 11.5. The number of carbonyl (C=O) groups is 2. The molecule has 2 unspecified atom stereocenters. The van der Waals surface area contributed by atoms with Crippen LogP contribution in [0.1, 0.15) is 34.0 Å². The number of alkyl halides is 2. The molecule has 0 radical (unpaired) electrons. The second kappa shape index (κ2) is 11.9. The molecule has 9 heteroatoms. The molecule has 2 aromatic rings. The Hall–Kier alpha value is -3.76. The Morgan fingerprint density at radius 3 is 1.94 bits per heavy atom. The van der Waals surface area contributed by atoms with Gasteiger partial charge in [-0.25, -0.2) is 14.3 Å². The highest BCUT2D eigenvalue weighted by Gasteiger charge is 2.46. The summed E-state index contributed by atoms with van der Waals surface area (Å²) in [4.78, 5) is 26.1. The molecular formula is C25H25F2N3O4. The van der Waals surface area contributed by atoms with Crippen LogP contribution in [0.2, 0.25) is 0 Å². The van der Waals surface area contributed by atoms with Crippen molar-refractivity contribution < 1.29 is 28.7 Å². The molecule has 0 spiro atoms. The van der Waals surface area contributed by atoms with Gasteiger partial charge in [0.05, 0.1) is 0 Å². The normalized spacial score (nSPS) is 13.1. The maximum Gasteiger partial charge on any atom is 0.269 e. The van der Waals surface area contributed by atoms with Crippen molar-refractivity contribution in [3.8, 4) is 23.7 Å². The largest absolute Gasteiger partial charge is 0.381 e. The molecule has 0 aliphatic heterocycles. The fourth-order valence-electron chi connectivity index (χ4n) is 2.85. The van der Waals surface area contributed by atoms with Crippen LogP contribution in [-0.2, 0) is 11.3 Å². The molecule has 0 saturated heterocycles. The number of hydrogen-bond donors (Lipinski definition) is 4. The van der Waals surface area contributed by atoms with Crippen LogP contribution in [0.4, 0.5) is 8.78 Å². The first-order valence-corrected chi connectivity index (χ1v) is 10.2. The number of amides is 2. The number of carbonyl (C=O) groups excluding carboxylic acids is 2. The maximum absolute atomic E-state index is 13.1. The molecule has 7 nitrogen and oxygen atoms in total. The number of nitrogens with one attached hydrogen (secondary N) is 2. The van der Waals surface area contributed by atoms with Gasteiger partial charge in [0.2, 0.25) is 0 Å². The minimum absolute atomic E-state index is 0.0373. The van der Waals surface area contributed by atoms with Crippen LogP contribution >= 0.6 is 0 Å². The highest BCUT2D eigenvalue weighted by molar-refractivity contribution is 5.97. The molecule has 34 heavy (non-hydrogen) atoms. The van der Waals surface area contributed by atoms with Crippen molar-refractivity contribution in [2.75, 3.05) is 14.1 Å². The zero-order valence-corrected chi connectivity index (χ0v) is 18.9. The van der Waals surface area contributed by atoms with Crippen LogP contribution in [0.15, 0.2) is 48.5 Å². The zero-order chi connectivity index (χ0) is 25.3. The Morgan fingerprint density at radius 1 is 1.00 bits per heavy atom. The topological polar surface area (TPSA) is 102 Å². The molecule has 2 amide bonds. The predicted octanol–water partition coefficient (Wildman–Crippen LogP) is 1.77. The summed E-state index contributed by atoms with van der Waals surface area (Å²) in [6.45, 7) is 1.51. The monoisotopic (exact) mass is 469 g/mol. The quantitative estimate of drug-likeness (QED) is 0.281. The molecule has 2 aromatic carbocycles. The van der Waals surface area contributed by atoms with E-state index in [4.69, 9.17) is 5.21 Å². The number of benzene rings is 2. The molecule has 0 aliphatic carbocycles. The van der Waals surface area contributed by atoms with Crippen LogP contribution in [0, 0.1) is 23.7 Å². The van der Waals surface area contributed by atoms with E-state index in [2.05, 4.69) is 28.6 Å². The molecule has 4 N–H and O–H groups in total. The lowest BCUT2D eigenvalue weighted by atomic mass is 9.95. The molecule has 2 atom stereocenters. The Morgan fingerprint density at radius 2 is 1.50 bits per heavy atom. The van der Waals surface area contributed by atoms with Crippen LogP contribution in [0.5, 0.6) is 0 Å². The first-order chi connectivity index (χ1) is 16.0. The fraction of sp³-hybridized carbons (Fsp3) is 0.280. The third kappa shape index (κ3) is 7.39. The Kier molecular flexibility index (Phi) is 9.28. The lowest BCUT2D eigenvalue weighted by molar-refractivity contribution is -0.149. The van der Waals surface area contributed by atoms with E-state index in [1.54, 1.807) is 0 Å². The van der Waals surface area contributed by atoms with E-state index in [0.717, 1.165) is 17.6 Å². The van der Waals surface area contributed by atoms with Gasteiger partial charge >= 0.3 is 0 Å². The molecule has 0 heterocycles. The lowest BCUT2D eigenvalue weighted by Crippen LogP contribution is -2.61. The molecule has 0 fully saturated rings. The van der Waals surface area contributed by atoms with E-state index in [0.29, 0.717) is 12.5 Å². The van der Waals surface area contributed by atoms with Gasteiger partial charge < -0.3 is 15.3 Å². The van der Waals surface area contributed by atoms with Crippen LogP contribution in [0.3, 0.4) is 0 Å².